The summed E-state index contributed by atoms with van der Waals surface area (Å²) in [6, 6.07) is 7.26. The van der Waals surface area contributed by atoms with Gasteiger partial charge < -0.3 is 14.2 Å². The van der Waals surface area contributed by atoms with E-state index in [9.17, 15) is 24.5 Å². The van der Waals surface area contributed by atoms with Crippen molar-refractivity contribution in [3.63, 3.8) is 0 Å². The molecule has 1 fully saturated rings. The van der Waals surface area contributed by atoms with E-state index in [1.165, 1.54) is 43.6 Å². The van der Waals surface area contributed by atoms with Crippen LogP contribution >= 0.6 is 11.8 Å². The van der Waals surface area contributed by atoms with Crippen LogP contribution in [0.4, 0.5) is 10.5 Å². The summed E-state index contributed by atoms with van der Waals surface area (Å²) in [5, 5.41) is 10.5. The molecule has 1 aliphatic heterocycles. The molecule has 11 nitrogen and oxygen atoms in total. The summed E-state index contributed by atoms with van der Waals surface area (Å²) in [4.78, 5) is 51.1. The molecule has 2 amide bonds. The Morgan fingerprint density at radius 2 is 2.03 bits per heavy atom. The van der Waals surface area contributed by atoms with Crippen LogP contribution in [0, 0.1) is 10.1 Å². The fourth-order valence-electron chi connectivity index (χ4n) is 2.54. The Morgan fingerprint density at radius 1 is 1.26 bits per heavy atom. The van der Waals surface area contributed by atoms with Gasteiger partial charge in [-0.1, -0.05) is 6.07 Å². The van der Waals surface area contributed by atoms with Gasteiger partial charge >= 0.3 is 11.7 Å². The third kappa shape index (κ3) is 4.80. The van der Waals surface area contributed by atoms with Crippen molar-refractivity contribution in [1.29, 1.82) is 0 Å². The monoisotopic (exact) mass is 445 g/mol. The number of thioether (sulfide) groups is 1. The second-order valence-electron chi connectivity index (χ2n) is 5.94. The van der Waals surface area contributed by atoms with Gasteiger partial charge in [0.15, 0.2) is 11.5 Å². The van der Waals surface area contributed by atoms with E-state index in [1.807, 2.05) is 0 Å². The van der Waals surface area contributed by atoms with Gasteiger partial charge in [0.1, 0.15) is 6.54 Å². The molecule has 0 spiro atoms. The Kier molecular flexibility index (Phi) is 6.50. The van der Waals surface area contributed by atoms with Crippen molar-refractivity contribution < 1.29 is 33.5 Å². The van der Waals surface area contributed by atoms with Gasteiger partial charge in [-0.15, -0.1) is 0 Å². The first-order chi connectivity index (χ1) is 14.8. The molecule has 1 aliphatic rings. The van der Waals surface area contributed by atoms with Crippen molar-refractivity contribution in [3.8, 4) is 17.4 Å². The first kappa shape index (κ1) is 21.8. The summed E-state index contributed by atoms with van der Waals surface area (Å²) in [7, 11) is 2.54. The standard InChI is InChI=1S/C19H15N3O8S/c1-28-14-8-11(9-15-18(24)21(19(25)31-15)10-16(23)29-2)5-6-13(14)30-17-12(22(26)27)4-3-7-20-17/h3-9H,10H2,1-2H3/b15-9+. The summed E-state index contributed by atoms with van der Waals surface area (Å²) >= 11 is 0.688. The van der Waals surface area contributed by atoms with Gasteiger partial charge in [0.2, 0.25) is 0 Å². The first-order valence-electron chi connectivity index (χ1n) is 8.61. The maximum atomic E-state index is 12.4. The van der Waals surface area contributed by atoms with E-state index >= 15 is 0 Å². The molecule has 160 valence electrons. The van der Waals surface area contributed by atoms with Crippen LogP contribution in [0.25, 0.3) is 6.08 Å². The maximum Gasteiger partial charge on any atom is 0.331 e. The lowest BCUT2D eigenvalue weighted by molar-refractivity contribution is -0.386. The average Bonchev–Trinajstić information content (AvgIpc) is 3.02. The topological polar surface area (TPSA) is 138 Å². The minimum absolute atomic E-state index is 0.116. The van der Waals surface area contributed by atoms with Crippen molar-refractivity contribution in [2.24, 2.45) is 0 Å². The highest BCUT2D eigenvalue weighted by Crippen LogP contribution is 2.37. The molecule has 1 aromatic carbocycles. The molecule has 12 heteroatoms. The largest absolute Gasteiger partial charge is 0.493 e. The normalized spacial score (nSPS) is 14.6. The van der Waals surface area contributed by atoms with E-state index in [-0.39, 0.29) is 28.0 Å². The zero-order chi connectivity index (χ0) is 22.5. The predicted octanol–water partition coefficient (Wildman–Crippen LogP) is 3.00. The number of aromatic nitrogens is 1. The van der Waals surface area contributed by atoms with Crippen LogP contribution in [0.1, 0.15) is 5.56 Å². The highest BCUT2D eigenvalue weighted by molar-refractivity contribution is 8.18. The molecule has 2 aromatic rings. The number of rotatable bonds is 7. The van der Waals surface area contributed by atoms with Crippen LogP contribution in [0.2, 0.25) is 0 Å². The fraction of sp³-hybridized carbons (Fsp3) is 0.158. The summed E-state index contributed by atoms with van der Waals surface area (Å²) in [5.41, 5.74) is 0.191. The molecular formula is C19H15N3O8S. The average molecular weight is 445 g/mol. The molecule has 0 atom stereocenters. The molecule has 0 aliphatic carbocycles. The number of nitrogens with zero attached hydrogens (tertiary/aromatic N) is 3. The first-order valence-corrected chi connectivity index (χ1v) is 9.43. The third-order valence-corrected chi connectivity index (χ3v) is 4.94. The van der Waals surface area contributed by atoms with Gasteiger partial charge in [0, 0.05) is 12.3 Å². The number of methoxy groups -OCH3 is 2. The smallest absolute Gasteiger partial charge is 0.331 e. The van der Waals surface area contributed by atoms with Gasteiger partial charge in [-0.05, 0) is 41.6 Å². The second-order valence-corrected chi connectivity index (χ2v) is 6.93. The number of amides is 2. The van der Waals surface area contributed by atoms with E-state index in [0.717, 1.165) is 12.0 Å². The van der Waals surface area contributed by atoms with E-state index in [1.54, 1.807) is 6.07 Å². The highest BCUT2D eigenvalue weighted by Gasteiger charge is 2.36. The van der Waals surface area contributed by atoms with Gasteiger partial charge in [-0.2, -0.15) is 0 Å². The van der Waals surface area contributed by atoms with Crippen LogP contribution in [0.5, 0.6) is 17.4 Å². The molecule has 0 N–H and O–H groups in total. The molecule has 1 aromatic heterocycles. The van der Waals surface area contributed by atoms with Gasteiger partial charge in [-0.3, -0.25) is 29.4 Å². The lowest BCUT2D eigenvalue weighted by Gasteiger charge is -2.11. The molecule has 0 radical (unpaired) electrons. The van der Waals surface area contributed by atoms with Crippen LogP contribution in [0.15, 0.2) is 41.4 Å². The Hall–Kier alpha value is -3.93. The van der Waals surface area contributed by atoms with E-state index in [2.05, 4.69) is 9.72 Å². The Balaban J connectivity index is 1.85. The van der Waals surface area contributed by atoms with Crippen LogP contribution in [-0.4, -0.2) is 52.7 Å². The second kappa shape index (κ2) is 9.26. The summed E-state index contributed by atoms with van der Waals surface area (Å²) < 4.78 is 15.3. The molecular weight excluding hydrogens is 430 g/mol. The molecule has 0 unspecified atom stereocenters. The highest BCUT2D eigenvalue weighted by atomic mass is 32.2. The van der Waals surface area contributed by atoms with Gasteiger partial charge in [0.25, 0.3) is 17.0 Å². The lowest BCUT2D eigenvalue weighted by Crippen LogP contribution is -2.34. The Labute approximate surface area is 179 Å². The number of imide groups is 1. The summed E-state index contributed by atoms with van der Waals surface area (Å²) in [5.74, 6) is -1.15. The van der Waals surface area contributed by atoms with Crippen LogP contribution in [0.3, 0.4) is 0 Å². The number of carbonyl (C=O) groups excluding carboxylic acids is 3. The third-order valence-electron chi connectivity index (χ3n) is 4.03. The number of nitro groups is 1. The molecule has 1 saturated heterocycles. The van der Waals surface area contributed by atoms with E-state index in [0.29, 0.717) is 17.3 Å². The van der Waals surface area contributed by atoms with Gasteiger partial charge in [-0.25, -0.2) is 4.98 Å². The summed E-state index contributed by atoms with van der Waals surface area (Å²) in [6.07, 6.45) is 2.81. The molecule has 0 saturated carbocycles. The Morgan fingerprint density at radius 3 is 2.71 bits per heavy atom. The molecule has 0 bridgehead atoms. The number of hydrogen-bond donors (Lipinski definition) is 0. The number of ether oxygens (including phenoxy) is 3. The van der Waals surface area contributed by atoms with Crippen LogP contribution < -0.4 is 9.47 Å². The summed E-state index contributed by atoms with van der Waals surface area (Å²) in [6.45, 7) is -0.475. The number of benzene rings is 1. The van der Waals surface area contributed by atoms with Gasteiger partial charge in [0.05, 0.1) is 24.0 Å². The minimum atomic E-state index is -0.713. The number of carbonyl (C=O) groups is 3. The van der Waals surface area contributed by atoms with E-state index in [4.69, 9.17) is 9.47 Å². The van der Waals surface area contributed by atoms with Crippen molar-refractivity contribution in [2.75, 3.05) is 20.8 Å². The lowest BCUT2D eigenvalue weighted by atomic mass is 10.2. The quantitative estimate of drug-likeness (QED) is 0.270. The Bertz CT molecular complexity index is 1100. The molecule has 31 heavy (non-hydrogen) atoms. The van der Waals surface area contributed by atoms with E-state index < -0.39 is 28.6 Å². The van der Waals surface area contributed by atoms with Crippen LogP contribution in [-0.2, 0) is 14.3 Å². The van der Waals surface area contributed by atoms with Crippen molar-refractivity contribution in [3.05, 3.63) is 57.1 Å². The van der Waals surface area contributed by atoms with Crippen molar-refractivity contribution in [2.45, 2.75) is 0 Å². The minimum Gasteiger partial charge on any atom is -0.493 e. The predicted molar refractivity (Wildman–Crippen MR) is 109 cm³/mol. The zero-order valence-corrected chi connectivity index (χ0v) is 17.1. The fourth-order valence-corrected chi connectivity index (χ4v) is 3.38. The number of hydrogen-bond acceptors (Lipinski definition) is 10. The van der Waals surface area contributed by atoms with Crippen molar-refractivity contribution in [1.82, 2.24) is 9.88 Å². The zero-order valence-electron chi connectivity index (χ0n) is 16.3. The van der Waals surface area contributed by atoms with Crippen molar-refractivity contribution >= 4 is 40.6 Å². The maximum absolute atomic E-state index is 12.4. The number of pyridine rings is 1. The SMILES string of the molecule is COC(=O)CN1C(=O)S/C(=C/c2ccc(Oc3ncccc3[N+](=O)[O-])c(OC)c2)C1=O. The molecule has 3 rings (SSSR count). The number of esters is 1. The molecule has 2 heterocycles.